The van der Waals surface area contributed by atoms with Gasteiger partial charge in [0.1, 0.15) is 5.69 Å². The third-order valence-electron chi connectivity index (χ3n) is 3.70. The van der Waals surface area contributed by atoms with Gasteiger partial charge in [-0.15, -0.1) is 0 Å². The second kappa shape index (κ2) is 5.32. The Kier molecular flexibility index (Phi) is 3.17. The summed E-state index contributed by atoms with van der Waals surface area (Å²) < 4.78 is 1.95. The smallest absolute Gasteiger partial charge is 0.102 e. The Morgan fingerprint density at radius 3 is 2.14 bits per heavy atom. The Bertz CT molecular complexity index is 928. The minimum absolute atomic E-state index is 0.721. The average molecular weight is 305 g/mol. The first-order valence-electron chi connectivity index (χ1n) is 7.13. The second-order valence-electron chi connectivity index (χ2n) is 5.10. The fourth-order valence-corrected chi connectivity index (χ4v) is 2.95. The van der Waals surface area contributed by atoms with Gasteiger partial charge >= 0.3 is 0 Å². The van der Waals surface area contributed by atoms with Crippen LogP contribution in [0.5, 0.6) is 0 Å². The number of benzene rings is 3. The van der Waals surface area contributed by atoms with Crippen LogP contribution in [0.2, 0.25) is 5.02 Å². The molecule has 0 saturated carbocycles. The van der Waals surface area contributed by atoms with Gasteiger partial charge in [-0.2, -0.15) is 5.10 Å². The van der Waals surface area contributed by atoms with Gasteiger partial charge in [0.15, 0.2) is 0 Å². The summed E-state index contributed by atoms with van der Waals surface area (Å²) >= 11 is 6.46. The van der Waals surface area contributed by atoms with Crippen LogP contribution in [-0.2, 0) is 0 Å². The molecule has 1 aromatic heterocycles. The lowest BCUT2D eigenvalue weighted by atomic mass is 10.1. The summed E-state index contributed by atoms with van der Waals surface area (Å²) in [5.41, 5.74) is 4.01. The molecule has 4 aromatic rings. The number of rotatable bonds is 2. The third kappa shape index (κ3) is 2.09. The third-order valence-corrected chi connectivity index (χ3v) is 4.02. The second-order valence-corrected chi connectivity index (χ2v) is 5.50. The van der Waals surface area contributed by atoms with Crippen molar-refractivity contribution in [3.63, 3.8) is 0 Å². The summed E-state index contributed by atoms with van der Waals surface area (Å²) in [5, 5.41) is 6.53. The van der Waals surface area contributed by atoms with Gasteiger partial charge in [-0.3, -0.25) is 0 Å². The van der Waals surface area contributed by atoms with Crippen LogP contribution in [0.15, 0.2) is 78.9 Å². The molecule has 3 heteroatoms. The van der Waals surface area contributed by atoms with Crippen molar-refractivity contribution >= 4 is 22.5 Å². The van der Waals surface area contributed by atoms with Crippen LogP contribution < -0.4 is 0 Å². The van der Waals surface area contributed by atoms with E-state index in [0.29, 0.717) is 0 Å². The first kappa shape index (κ1) is 13.1. The van der Waals surface area contributed by atoms with Crippen molar-refractivity contribution in [1.82, 2.24) is 9.78 Å². The lowest BCUT2D eigenvalue weighted by Gasteiger charge is -2.02. The van der Waals surface area contributed by atoms with E-state index >= 15 is 0 Å². The molecule has 0 atom stereocenters. The highest BCUT2D eigenvalue weighted by molar-refractivity contribution is 6.36. The van der Waals surface area contributed by atoms with Gasteiger partial charge in [0, 0.05) is 10.9 Å². The van der Waals surface area contributed by atoms with E-state index < -0.39 is 0 Å². The zero-order chi connectivity index (χ0) is 14.9. The molecule has 4 rings (SSSR count). The van der Waals surface area contributed by atoms with E-state index in [2.05, 4.69) is 12.1 Å². The van der Waals surface area contributed by atoms with Crippen LogP contribution in [0.3, 0.4) is 0 Å². The maximum Gasteiger partial charge on any atom is 0.102 e. The zero-order valence-corrected chi connectivity index (χ0v) is 12.5. The molecule has 0 aliphatic rings. The number of hydrogen-bond donors (Lipinski definition) is 0. The van der Waals surface area contributed by atoms with Gasteiger partial charge in [0.2, 0.25) is 0 Å². The quantitative estimate of drug-likeness (QED) is 0.488. The van der Waals surface area contributed by atoms with Crippen LogP contribution >= 0.6 is 11.6 Å². The molecule has 0 aliphatic heterocycles. The van der Waals surface area contributed by atoms with Crippen LogP contribution in [-0.4, -0.2) is 9.78 Å². The van der Waals surface area contributed by atoms with Gasteiger partial charge in [-0.1, -0.05) is 66.2 Å². The van der Waals surface area contributed by atoms with Crippen LogP contribution in [0.1, 0.15) is 0 Å². The molecule has 0 aliphatic carbocycles. The minimum Gasteiger partial charge on any atom is -0.232 e. The molecule has 0 amide bonds. The van der Waals surface area contributed by atoms with E-state index in [1.807, 2.05) is 71.4 Å². The Labute approximate surface area is 133 Å². The van der Waals surface area contributed by atoms with E-state index in [-0.39, 0.29) is 0 Å². The number of nitrogens with zero attached hydrogens (tertiary/aromatic N) is 2. The summed E-state index contributed by atoms with van der Waals surface area (Å²) in [6, 6.07) is 26.2. The first-order chi connectivity index (χ1) is 10.8. The topological polar surface area (TPSA) is 17.8 Å². The van der Waals surface area contributed by atoms with E-state index in [0.717, 1.165) is 32.9 Å². The SMILES string of the molecule is Clc1cccc2c1c(-c1ccccc1)nn2-c1ccccc1. The Balaban J connectivity index is 2.07. The van der Waals surface area contributed by atoms with Crippen LogP contribution in [0.25, 0.3) is 27.8 Å². The summed E-state index contributed by atoms with van der Waals surface area (Å²) in [6.07, 6.45) is 0. The highest BCUT2D eigenvalue weighted by atomic mass is 35.5. The van der Waals surface area contributed by atoms with Gasteiger partial charge < -0.3 is 0 Å². The average Bonchev–Trinajstić information content (AvgIpc) is 2.98. The highest BCUT2D eigenvalue weighted by Gasteiger charge is 2.15. The Morgan fingerprint density at radius 1 is 0.727 bits per heavy atom. The van der Waals surface area contributed by atoms with E-state index in [1.54, 1.807) is 0 Å². The molecular weight excluding hydrogens is 292 g/mol. The Hall–Kier alpha value is -2.58. The number of halogens is 1. The van der Waals surface area contributed by atoms with E-state index in [1.165, 1.54) is 0 Å². The molecule has 0 N–H and O–H groups in total. The zero-order valence-electron chi connectivity index (χ0n) is 11.8. The maximum atomic E-state index is 6.46. The fraction of sp³-hybridized carbons (Fsp3) is 0. The normalized spacial score (nSPS) is 11.0. The lowest BCUT2D eigenvalue weighted by Crippen LogP contribution is -1.95. The van der Waals surface area contributed by atoms with E-state index in [4.69, 9.17) is 16.7 Å². The molecule has 0 fully saturated rings. The molecule has 0 spiro atoms. The molecule has 0 unspecified atom stereocenters. The molecular formula is C19H13ClN2. The lowest BCUT2D eigenvalue weighted by molar-refractivity contribution is 0.915. The Morgan fingerprint density at radius 2 is 1.41 bits per heavy atom. The molecule has 0 saturated heterocycles. The molecule has 1 heterocycles. The molecule has 22 heavy (non-hydrogen) atoms. The van der Waals surface area contributed by atoms with Crippen LogP contribution in [0, 0.1) is 0 Å². The standard InChI is InChI=1S/C19H13ClN2/c20-16-12-7-13-17-18(16)19(14-8-3-1-4-9-14)21-22(17)15-10-5-2-6-11-15/h1-13H. The molecule has 0 bridgehead atoms. The van der Waals surface area contributed by atoms with Crippen molar-refractivity contribution < 1.29 is 0 Å². The van der Waals surface area contributed by atoms with Gasteiger partial charge in [-0.05, 0) is 24.3 Å². The number of fused-ring (bicyclic) bond motifs is 1. The summed E-state index contributed by atoms with van der Waals surface area (Å²) in [7, 11) is 0. The van der Waals surface area contributed by atoms with Crippen LogP contribution in [0.4, 0.5) is 0 Å². The summed E-state index contributed by atoms with van der Waals surface area (Å²) in [6.45, 7) is 0. The molecule has 106 valence electrons. The fourth-order valence-electron chi connectivity index (χ4n) is 2.69. The van der Waals surface area contributed by atoms with Gasteiger partial charge in [0.05, 0.1) is 16.2 Å². The number of hydrogen-bond acceptors (Lipinski definition) is 1. The van der Waals surface area contributed by atoms with Gasteiger partial charge in [-0.25, -0.2) is 4.68 Å². The van der Waals surface area contributed by atoms with Gasteiger partial charge in [0.25, 0.3) is 0 Å². The predicted octanol–water partition coefficient (Wildman–Crippen LogP) is 5.35. The van der Waals surface area contributed by atoms with Crippen molar-refractivity contribution in [2.24, 2.45) is 0 Å². The molecule has 2 nitrogen and oxygen atoms in total. The molecule has 3 aromatic carbocycles. The van der Waals surface area contributed by atoms with E-state index in [9.17, 15) is 0 Å². The largest absolute Gasteiger partial charge is 0.232 e. The highest BCUT2D eigenvalue weighted by Crippen LogP contribution is 2.34. The van der Waals surface area contributed by atoms with Crippen molar-refractivity contribution in [2.75, 3.05) is 0 Å². The summed E-state index contributed by atoms with van der Waals surface area (Å²) in [5.74, 6) is 0. The van der Waals surface area contributed by atoms with Crippen molar-refractivity contribution in [3.05, 3.63) is 83.9 Å². The maximum absolute atomic E-state index is 6.46. The van der Waals surface area contributed by atoms with Crippen molar-refractivity contribution in [2.45, 2.75) is 0 Å². The first-order valence-corrected chi connectivity index (χ1v) is 7.50. The van der Waals surface area contributed by atoms with Crippen molar-refractivity contribution in [1.29, 1.82) is 0 Å². The molecule has 0 radical (unpaired) electrons. The minimum atomic E-state index is 0.721. The monoisotopic (exact) mass is 304 g/mol. The number of aromatic nitrogens is 2. The summed E-state index contributed by atoms with van der Waals surface area (Å²) in [4.78, 5) is 0. The van der Waals surface area contributed by atoms with Crippen molar-refractivity contribution in [3.8, 4) is 16.9 Å². The predicted molar refractivity (Wildman–Crippen MR) is 91.5 cm³/mol. The number of para-hydroxylation sites is 1.